The van der Waals surface area contributed by atoms with Gasteiger partial charge in [0.1, 0.15) is 0 Å². The minimum Gasteiger partial charge on any atom is -0.478 e. The van der Waals surface area contributed by atoms with Gasteiger partial charge < -0.3 is 5.11 Å². The molecule has 1 saturated heterocycles. The number of fused-ring (bicyclic) bond motifs is 1. The summed E-state index contributed by atoms with van der Waals surface area (Å²) in [5.41, 5.74) is 4.66. The van der Waals surface area contributed by atoms with Crippen LogP contribution in [0.15, 0.2) is 103 Å². The summed E-state index contributed by atoms with van der Waals surface area (Å²) in [4.78, 5) is 46.3. The van der Waals surface area contributed by atoms with Crippen molar-refractivity contribution >= 4 is 63.0 Å². The molecule has 0 saturated carbocycles. The van der Waals surface area contributed by atoms with Crippen molar-refractivity contribution in [3.05, 3.63) is 89.5 Å². The lowest BCUT2D eigenvalue weighted by molar-refractivity contribution is -0.131. The van der Waals surface area contributed by atoms with Crippen molar-refractivity contribution in [1.82, 2.24) is 10.6 Å². The molecule has 0 spiro atoms. The number of barbiturate groups is 1. The molecule has 0 atom stereocenters. The van der Waals surface area contributed by atoms with E-state index in [2.05, 4.69) is 30.7 Å². The number of hydrogen-bond donors (Lipinski definition) is 3. The maximum absolute atomic E-state index is 12.0. The number of aryl methyl sites for hydroxylation is 2. The Kier molecular flexibility index (Phi) is 7.64. The molecule has 5 rings (SSSR count). The average Bonchev–Trinajstić information content (AvgIpc) is 2.95. The van der Waals surface area contributed by atoms with Gasteiger partial charge in [0.15, 0.2) is 0 Å². The van der Waals surface area contributed by atoms with Crippen LogP contribution in [-0.2, 0) is 9.59 Å². The third-order valence-corrected chi connectivity index (χ3v) is 6.22. The molecule has 1 heterocycles. The van der Waals surface area contributed by atoms with Gasteiger partial charge in [0.25, 0.3) is 11.8 Å². The molecule has 0 aromatic heterocycles. The topological polar surface area (TPSA) is 187 Å². The van der Waals surface area contributed by atoms with E-state index in [0.29, 0.717) is 33.8 Å². The molecule has 4 amide bonds. The lowest BCUT2D eigenvalue weighted by Gasteiger charge is -2.16. The number of aromatic carboxylic acids is 1. The number of urea groups is 1. The van der Waals surface area contributed by atoms with E-state index in [4.69, 9.17) is 5.11 Å². The minimum absolute atomic E-state index is 0.170. The van der Waals surface area contributed by atoms with Crippen molar-refractivity contribution in [3.63, 3.8) is 0 Å². The summed E-state index contributed by atoms with van der Waals surface area (Å²) in [6.45, 7) is 3.79. The van der Waals surface area contributed by atoms with Crippen LogP contribution in [0.3, 0.4) is 0 Å². The van der Waals surface area contributed by atoms with Crippen molar-refractivity contribution < 1.29 is 24.3 Å². The number of azo groups is 3. The molecular formula is C29H22N8O5. The highest BCUT2D eigenvalue weighted by molar-refractivity contribution is 6.19. The summed E-state index contributed by atoms with van der Waals surface area (Å²) in [5, 5.41) is 39.6. The summed E-state index contributed by atoms with van der Waals surface area (Å²) < 4.78 is 0. The minimum atomic E-state index is -1.48. The average molecular weight is 563 g/mol. The lowest BCUT2D eigenvalue weighted by Crippen LogP contribution is -2.57. The van der Waals surface area contributed by atoms with Gasteiger partial charge in [0, 0.05) is 10.8 Å². The number of nitrogens with zero attached hydrogens (tertiary/aromatic N) is 6. The van der Waals surface area contributed by atoms with Crippen molar-refractivity contribution in [1.29, 1.82) is 0 Å². The molecule has 0 unspecified atom stereocenters. The summed E-state index contributed by atoms with van der Waals surface area (Å²) in [5.74, 6) is -2.71. The number of nitrogens with one attached hydrogen (secondary N) is 2. The van der Waals surface area contributed by atoms with E-state index < -0.39 is 29.9 Å². The van der Waals surface area contributed by atoms with E-state index in [1.165, 1.54) is 12.1 Å². The van der Waals surface area contributed by atoms with Crippen LogP contribution < -0.4 is 10.6 Å². The maximum Gasteiger partial charge on any atom is 0.335 e. The van der Waals surface area contributed by atoms with E-state index in [0.717, 1.165) is 16.5 Å². The molecule has 1 fully saturated rings. The zero-order chi connectivity index (χ0) is 29.8. The standard InChI is InChI=1S/C29H22N8O5/c1-15-3-9-20-21(13-15)24(12-11-23(20)36-37-25-26(38)30-29(42)31-27(25)39)35-33-19-8-10-22(16(2)14-19)34-32-18-6-4-17(5-7-18)28(40)41/h3-14,25H,1-2H3,(H,40,41)(H2,30,31,38,39,42). The molecule has 0 aliphatic carbocycles. The zero-order valence-corrected chi connectivity index (χ0v) is 22.3. The number of amides is 4. The molecule has 42 heavy (non-hydrogen) atoms. The van der Waals surface area contributed by atoms with E-state index >= 15 is 0 Å². The number of carbonyl (C=O) groups is 4. The molecule has 3 N–H and O–H groups in total. The summed E-state index contributed by atoms with van der Waals surface area (Å²) in [6, 6.07) is 18.0. The highest BCUT2D eigenvalue weighted by atomic mass is 16.4. The number of rotatable bonds is 7. The fourth-order valence-corrected chi connectivity index (χ4v) is 4.05. The maximum atomic E-state index is 12.0. The predicted molar refractivity (Wildman–Crippen MR) is 152 cm³/mol. The smallest absolute Gasteiger partial charge is 0.335 e. The van der Waals surface area contributed by atoms with Crippen LogP contribution >= 0.6 is 0 Å². The second kappa shape index (κ2) is 11.6. The second-order valence-corrected chi connectivity index (χ2v) is 9.30. The first-order valence-corrected chi connectivity index (χ1v) is 12.6. The third kappa shape index (κ3) is 6.09. The molecule has 4 aromatic carbocycles. The molecular weight excluding hydrogens is 540 g/mol. The van der Waals surface area contributed by atoms with Crippen molar-refractivity contribution in [2.75, 3.05) is 0 Å². The second-order valence-electron chi connectivity index (χ2n) is 9.30. The molecule has 13 nitrogen and oxygen atoms in total. The Labute approximate surface area is 238 Å². The first-order valence-electron chi connectivity index (χ1n) is 12.6. The monoisotopic (exact) mass is 562 g/mol. The SMILES string of the molecule is Cc1ccc2c(N=NC3C(=O)NC(=O)NC3=O)ccc(N=Nc3ccc(N=Nc4ccc(C(=O)O)cc4)c(C)c3)c2c1. The summed E-state index contributed by atoms with van der Waals surface area (Å²) in [6.07, 6.45) is 0. The molecule has 1 aliphatic rings. The van der Waals surface area contributed by atoms with E-state index in [9.17, 15) is 19.2 Å². The van der Waals surface area contributed by atoms with Crippen LogP contribution in [-0.4, -0.2) is 35.0 Å². The number of imide groups is 2. The van der Waals surface area contributed by atoms with Crippen LogP contribution in [0, 0.1) is 13.8 Å². The lowest BCUT2D eigenvalue weighted by atomic mass is 10.0. The molecule has 0 bridgehead atoms. The van der Waals surface area contributed by atoms with E-state index in [1.807, 2.05) is 48.7 Å². The highest BCUT2D eigenvalue weighted by Crippen LogP contribution is 2.36. The third-order valence-electron chi connectivity index (χ3n) is 6.22. The number of carboxylic acid groups (broad SMARTS) is 1. The van der Waals surface area contributed by atoms with Crippen LogP contribution in [0.4, 0.5) is 33.2 Å². The quantitative estimate of drug-likeness (QED) is 0.165. The fourth-order valence-electron chi connectivity index (χ4n) is 4.05. The van der Waals surface area contributed by atoms with Gasteiger partial charge in [-0.1, -0.05) is 17.7 Å². The highest BCUT2D eigenvalue weighted by Gasteiger charge is 2.34. The Balaban J connectivity index is 1.37. The zero-order valence-electron chi connectivity index (χ0n) is 22.3. The largest absolute Gasteiger partial charge is 0.478 e. The number of benzene rings is 4. The normalized spacial score (nSPS) is 14.3. The number of carbonyl (C=O) groups excluding carboxylic acids is 3. The Bertz CT molecular complexity index is 1830. The van der Waals surface area contributed by atoms with Gasteiger partial charge in [0.2, 0.25) is 6.04 Å². The van der Waals surface area contributed by atoms with Gasteiger partial charge >= 0.3 is 12.0 Å². The van der Waals surface area contributed by atoms with Crippen LogP contribution in [0.1, 0.15) is 21.5 Å². The molecule has 208 valence electrons. The Hall–Kier alpha value is -5.98. The Morgan fingerprint density at radius 2 is 1.26 bits per heavy atom. The van der Waals surface area contributed by atoms with E-state index in [1.54, 1.807) is 36.4 Å². The Morgan fingerprint density at radius 3 is 1.93 bits per heavy atom. The van der Waals surface area contributed by atoms with Gasteiger partial charge in [-0.25, -0.2) is 9.59 Å². The van der Waals surface area contributed by atoms with Crippen molar-refractivity contribution in [2.24, 2.45) is 30.7 Å². The predicted octanol–water partition coefficient (Wildman–Crippen LogP) is 6.80. The first kappa shape index (κ1) is 27.6. The summed E-state index contributed by atoms with van der Waals surface area (Å²) in [7, 11) is 0. The molecule has 1 aliphatic heterocycles. The number of hydrogen-bond acceptors (Lipinski definition) is 10. The number of carboxylic acids is 1. The molecule has 13 heteroatoms. The summed E-state index contributed by atoms with van der Waals surface area (Å²) >= 11 is 0. The van der Waals surface area contributed by atoms with Crippen LogP contribution in [0.2, 0.25) is 0 Å². The fraction of sp³-hybridized carbons (Fsp3) is 0.103. The Morgan fingerprint density at radius 1 is 0.667 bits per heavy atom. The van der Waals surface area contributed by atoms with Gasteiger partial charge in [-0.3, -0.25) is 20.2 Å². The van der Waals surface area contributed by atoms with Crippen molar-refractivity contribution in [2.45, 2.75) is 19.9 Å². The molecule has 4 aromatic rings. The van der Waals surface area contributed by atoms with Crippen molar-refractivity contribution in [3.8, 4) is 0 Å². The van der Waals surface area contributed by atoms with Gasteiger partial charge in [-0.15, -0.1) is 5.11 Å². The molecule has 0 radical (unpaired) electrons. The van der Waals surface area contributed by atoms with Crippen LogP contribution in [0.25, 0.3) is 10.8 Å². The van der Waals surface area contributed by atoms with E-state index in [-0.39, 0.29) is 5.56 Å². The van der Waals surface area contributed by atoms with Gasteiger partial charge in [0.05, 0.1) is 34.0 Å². The van der Waals surface area contributed by atoms with Gasteiger partial charge in [-0.05, 0) is 80.1 Å². The van der Waals surface area contributed by atoms with Gasteiger partial charge in [-0.2, -0.15) is 25.6 Å². The first-order chi connectivity index (χ1) is 20.2. The van der Waals surface area contributed by atoms with Crippen LogP contribution in [0.5, 0.6) is 0 Å².